The summed E-state index contributed by atoms with van der Waals surface area (Å²) in [5.74, 6) is -5.70. The van der Waals surface area contributed by atoms with Crippen molar-refractivity contribution < 1.29 is 76.8 Å². The average Bonchev–Trinajstić information content (AvgIpc) is 1.92. The molecule has 3 heterocycles. The van der Waals surface area contributed by atoms with E-state index in [9.17, 15) is 57.8 Å². The number of allylic oxidation sites excluding steroid dienone is 3. The van der Waals surface area contributed by atoms with E-state index in [4.69, 9.17) is 42.0 Å². The lowest BCUT2D eigenvalue weighted by Gasteiger charge is -2.44. The van der Waals surface area contributed by atoms with Crippen molar-refractivity contribution in [1.82, 2.24) is 36.4 Å². The van der Waals surface area contributed by atoms with E-state index in [1.165, 1.54) is 54.7 Å². The van der Waals surface area contributed by atoms with Gasteiger partial charge in [-0.05, 0) is 115 Å². The number of unbranched alkanes of at least 4 members (excludes halogenated alkanes) is 1. The molecule has 0 spiro atoms. The van der Waals surface area contributed by atoms with E-state index in [1.54, 1.807) is 52.1 Å². The van der Waals surface area contributed by atoms with Crippen LogP contribution in [0, 0.1) is 17.8 Å². The molecule has 1 saturated carbocycles. The van der Waals surface area contributed by atoms with Crippen LogP contribution in [-0.2, 0) is 68.6 Å². The molecule has 10 N–H and O–H groups in total. The van der Waals surface area contributed by atoms with Gasteiger partial charge in [0.15, 0.2) is 11.5 Å². The Balaban J connectivity index is 1.13. The smallest absolute Gasteiger partial charge is 0.409 e. The van der Waals surface area contributed by atoms with Gasteiger partial charge in [-0.25, -0.2) is 4.79 Å². The first-order valence-corrected chi connectivity index (χ1v) is 31.3. The predicted octanol–water partition coefficient (Wildman–Crippen LogP) is 2.24. The quantitative estimate of drug-likeness (QED) is 0.0395. The highest BCUT2D eigenvalue weighted by atomic mass is 35.5. The van der Waals surface area contributed by atoms with Crippen LogP contribution in [0.2, 0.25) is 5.02 Å². The number of rotatable bonds is 25. The van der Waals surface area contributed by atoms with Gasteiger partial charge in [0.2, 0.25) is 53.2 Å². The van der Waals surface area contributed by atoms with Crippen LogP contribution in [0.15, 0.2) is 48.1 Å². The average molecular weight is 1290 g/mol. The molecule has 8 atom stereocenters. The Morgan fingerprint density at radius 1 is 0.978 bits per heavy atom. The molecule has 0 radical (unpaired) electrons. The maximum absolute atomic E-state index is 14.6. The van der Waals surface area contributed by atoms with Crippen molar-refractivity contribution in [1.29, 1.82) is 0 Å². The molecule has 4 bridgehead atoms. The summed E-state index contributed by atoms with van der Waals surface area (Å²) in [5.41, 5.74) is 9.25. The zero-order valence-electron chi connectivity index (χ0n) is 52.4. The number of halogens is 1. The molecule has 3 fully saturated rings. The molecular formula is C61H89ClN10O16S. The van der Waals surface area contributed by atoms with Crippen molar-refractivity contribution >= 4 is 94.1 Å². The topological polar surface area (TPSA) is 367 Å². The van der Waals surface area contributed by atoms with E-state index < -0.39 is 107 Å². The molecule has 1 aromatic rings. The predicted molar refractivity (Wildman–Crippen MR) is 332 cm³/mol. The van der Waals surface area contributed by atoms with Gasteiger partial charge in [0.25, 0.3) is 0 Å². The Hall–Kier alpha value is -6.91. The fourth-order valence-corrected chi connectivity index (χ4v) is 12.7. The number of hydrogen-bond donors (Lipinski definition) is 8. The number of thioether (sulfide) groups is 1. The summed E-state index contributed by atoms with van der Waals surface area (Å²) in [4.78, 5) is 147. The molecule has 1 aliphatic carbocycles. The van der Waals surface area contributed by atoms with Crippen LogP contribution in [0.1, 0.15) is 111 Å². The number of nitrogens with two attached hydrogens (primary N) is 2. The first-order chi connectivity index (χ1) is 41.9. The molecule has 2 saturated heterocycles. The number of nitrogens with zero attached hydrogens (tertiary/aromatic N) is 3. The monoisotopic (exact) mass is 1280 g/mol. The van der Waals surface area contributed by atoms with Crippen molar-refractivity contribution in [3.8, 4) is 5.75 Å². The number of benzene rings is 1. The Morgan fingerprint density at radius 3 is 2.30 bits per heavy atom. The zero-order valence-corrected chi connectivity index (χ0v) is 53.9. The van der Waals surface area contributed by atoms with Crippen LogP contribution < -0.4 is 47.7 Å². The lowest BCUT2D eigenvalue weighted by atomic mass is 9.78. The minimum atomic E-state index is -1.93. The normalized spacial score (nSPS) is 25.6. The van der Waals surface area contributed by atoms with Gasteiger partial charge in [0.1, 0.15) is 29.0 Å². The number of imide groups is 1. The van der Waals surface area contributed by atoms with Gasteiger partial charge in [0.05, 0.1) is 55.4 Å². The number of carbonyl (C=O) groups excluding carboxylic acids is 11. The number of fused-ring (bicyclic) bond motifs is 4. The van der Waals surface area contributed by atoms with Gasteiger partial charge in [0, 0.05) is 77.6 Å². The van der Waals surface area contributed by atoms with Gasteiger partial charge >= 0.3 is 6.09 Å². The highest BCUT2D eigenvalue weighted by Gasteiger charge is 2.49. The van der Waals surface area contributed by atoms with E-state index in [0.717, 1.165) is 11.1 Å². The molecule has 89 heavy (non-hydrogen) atoms. The Kier molecular flexibility index (Phi) is 27.2. The second kappa shape index (κ2) is 33.2. The molecule has 492 valence electrons. The maximum atomic E-state index is 14.6. The van der Waals surface area contributed by atoms with Gasteiger partial charge in [-0.1, -0.05) is 42.0 Å². The fourth-order valence-electron chi connectivity index (χ4n) is 11.3. The number of alkyl carbamates (subject to hydrolysis) is 1. The van der Waals surface area contributed by atoms with Crippen molar-refractivity contribution in [2.75, 3.05) is 71.7 Å². The Bertz CT molecular complexity index is 2880. The minimum absolute atomic E-state index is 0.0111. The number of hydrogen-bond acceptors (Lipinski definition) is 18. The van der Waals surface area contributed by atoms with Crippen LogP contribution in [-0.4, -0.2) is 194 Å². The number of aliphatic hydroxyl groups is 1. The molecule has 26 nitrogen and oxygen atoms in total. The van der Waals surface area contributed by atoms with E-state index in [0.29, 0.717) is 62.9 Å². The lowest BCUT2D eigenvalue weighted by Crippen LogP contribution is -2.64. The number of ether oxygens (including phenoxy) is 4. The molecule has 3 aliphatic heterocycles. The minimum Gasteiger partial charge on any atom is -0.495 e. The molecule has 28 heteroatoms. The summed E-state index contributed by atoms with van der Waals surface area (Å²) in [5, 5.41) is 23.8. The number of amides is 10. The third-order valence-electron chi connectivity index (χ3n) is 16.8. The van der Waals surface area contributed by atoms with Crippen molar-refractivity contribution in [2.24, 2.45) is 29.2 Å². The molecule has 4 aliphatic rings. The summed E-state index contributed by atoms with van der Waals surface area (Å²) in [7, 11) is 5.88. The summed E-state index contributed by atoms with van der Waals surface area (Å²) < 4.78 is 23.6. The van der Waals surface area contributed by atoms with Gasteiger partial charge in [-0.15, -0.1) is 11.8 Å². The Labute approximate surface area is 529 Å². The van der Waals surface area contributed by atoms with E-state index in [2.05, 4.69) is 33.2 Å². The SMILES string of the molecule is C=C(C(=O)[C@H](C)N(C)C(=O)CCSC1CC(=O)N(CC2CCC(C(=O)NCCCCC(NC(=O)CNC(=O)CNC(=O)CN)C(N)=O)CC2)C1=O)[C@H]1CC(=O)N(C)c2cc(cc(OC)c2Cl)C/C(C)=C/C=C/[C@@H](OC)[C@@]2(O)CC(OC(=O)N2)[C@@H](C)OC1(C)C. The number of nitrogens with one attached hydrogen (secondary N) is 5. The summed E-state index contributed by atoms with van der Waals surface area (Å²) in [6.45, 7) is 12.1. The maximum Gasteiger partial charge on any atom is 0.409 e. The number of methoxy groups -OCH3 is 2. The molecular weight excluding hydrogens is 1200 g/mol. The first-order valence-electron chi connectivity index (χ1n) is 29.9. The first kappa shape index (κ1) is 72.8. The number of likely N-dealkylation sites (tertiary alicyclic amines) is 1. The van der Waals surface area contributed by atoms with E-state index >= 15 is 0 Å². The molecule has 10 amide bonds. The molecule has 0 aromatic heterocycles. The van der Waals surface area contributed by atoms with Crippen LogP contribution in [0.5, 0.6) is 5.75 Å². The number of primary amides is 1. The number of carbonyl (C=O) groups is 11. The summed E-state index contributed by atoms with van der Waals surface area (Å²) in [6, 6.07) is 1.44. The second-order valence-electron chi connectivity index (χ2n) is 23.7. The number of likely N-dealkylation sites (N-methyl/N-ethyl adjacent to an activating group) is 1. The molecule has 3 unspecified atom stereocenters. The molecule has 1 aromatic carbocycles. The van der Waals surface area contributed by atoms with Gasteiger partial charge < -0.3 is 66.6 Å². The third kappa shape index (κ3) is 20.3. The van der Waals surface area contributed by atoms with Crippen molar-refractivity contribution in [3.63, 3.8) is 0 Å². The number of ketones is 1. The van der Waals surface area contributed by atoms with Gasteiger partial charge in [-0.2, -0.15) is 0 Å². The molecule has 5 rings (SSSR count). The Morgan fingerprint density at radius 2 is 1.65 bits per heavy atom. The van der Waals surface area contributed by atoms with E-state index in [-0.39, 0.29) is 97.6 Å². The summed E-state index contributed by atoms with van der Waals surface area (Å²) in [6.07, 6.45) is 4.46. The summed E-state index contributed by atoms with van der Waals surface area (Å²) >= 11 is 8.05. The van der Waals surface area contributed by atoms with Crippen molar-refractivity contribution in [2.45, 2.75) is 159 Å². The zero-order chi connectivity index (χ0) is 66.1. The second-order valence-corrected chi connectivity index (χ2v) is 25.4. The number of Topliss-reactive ketones (excluding diaryl/α,β-unsaturated/α-hetero) is 1. The standard InChI is InChI=1S/C61H89ClN10O16S/c1-34-14-13-16-47(86-10)61(84)29-45(87-59(83)69-61)37(4)88-60(5,6)41(27-52(77)71(8)43-25-39(24-34)26-44(85-9)54(43)62)35(2)55(79)36(3)70(7)51(76)21-23-89-46-28-53(78)72(58(46)82)33-38-17-19-40(20-18-38)57(81)65-22-12-11-15-42(56(64)80)68-50(75)32-67-49(74)31-66-48(73)30-63/h13-14,16,25-26,36-38,40-42,45-47,84H,2,11-12,15,17-24,27-33,63H2,1,3-10H3,(H2,64,80)(H,65,81)(H,66,73)(H,67,74)(H,68,75)(H,69,83)/b16-13+,34-14+/t36-,37+,38?,40?,41+,42?,45?,46?,47+,61-/m0/s1. The van der Waals surface area contributed by atoms with Crippen LogP contribution >= 0.6 is 23.4 Å². The van der Waals surface area contributed by atoms with Crippen LogP contribution in [0.4, 0.5) is 10.5 Å². The van der Waals surface area contributed by atoms with Crippen LogP contribution in [0.25, 0.3) is 0 Å². The number of anilines is 1. The van der Waals surface area contributed by atoms with Crippen molar-refractivity contribution in [3.05, 3.63) is 58.7 Å². The fraction of sp³-hybridized carbons (Fsp3) is 0.623. The third-order valence-corrected chi connectivity index (χ3v) is 18.4. The lowest BCUT2D eigenvalue weighted by molar-refractivity contribution is -0.181. The highest BCUT2D eigenvalue weighted by Crippen LogP contribution is 2.40. The van der Waals surface area contributed by atoms with Crippen LogP contribution in [0.3, 0.4) is 0 Å². The highest BCUT2D eigenvalue weighted by molar-refractivity contribution is 8.00. The van der Waals surface area contributed by atoms with E-state index in [1.807, 2.05) is 13.0 Å². The van der Waals surface area contributed by atoms with Gasteiger partial charge in [-0.3, -0.25) is 58.2 Å². The largest absolute Gasteiger partial charge is 0.495 e.